The highest BCUT2D eigenvalue weighted by Gasteiger charge is 2.23. The smallest absolute Gasteiger partial charge is 0.259 e. The summed E-state index contributed by atoms with van der Waals surface area (Å²) >= 11 is 0. The molecule has 1 atom stereocenters. The van der Waals surface area contributed by atoms with Crippen LogP contribution in [0.2, 0.25) is 0 Å². The fourth-order valence-corrected chi connectivity index (χ4v) is 4.39. The Morgan fingerprint density at radius 1 is 1.10 bits per heavy atom. The summed E-state index contributed by atoms with van der Waals surface area (Å²) < 4.78 is 67.9. The molecule has 2 rings (SSSR count). The molecule has 0 aliphatic carbocycles. The predicted octanol–water partition coefficient (Wildman–Crippen LogP) is 3.30. The van der Waals surface area contributed by atoms with Crippen molar-refractivity contribution in [3.05, 3.63) is 53.6 Å². The molecule has 7 nitrogen and oxygen atoms in total. The van der Waals surface area contributed by atoms with Gasteiger partial charge in [0.1, 0.15) is 17.4 Å². The van der Waals surface area contributed by atoms with E-state index >= 15 is 0 Å². The lowest BCUT2D eigenvalue weighted by molar-refractivity contribution is 0.0577. The Morgan fingerprint density at radius 2 is 1.84 bits per heavy atom. The summed E-state index contributed by atoms with van der Waals surface area (Å²) in [6, 6.07) is 6.55. The zero-order valence-electron chi connectivity index (χ0n) is 17.5. The largest absolute Gasteiger partial charge is 0.496 e. The van der Waals surface area contributed by atoms with Crippen LogP contribution in [0.4, 0.5) is 14.5 Å². The minimum Gasteiger partial charge on any atom is -0.496 e. The summed E-state index contributed by atoms with van der Waals surface area (Å²) in [5, 5.41) is 2.30. The highest BCUT2D eigenvalue weighted by molar-refractivity contribution is 7.91. The van der Waals surface area contributed by atoms with Gasteiger partial charge in [-0.25, -0.2) is 17.2 Å². The minimum absolute atomic E-state index is 0.0817. The fraction of sp³-hybridized carbons (Fsp3) is 0.381. The maximum absolute atomic E-state index is 13.9. The molecular weight excluding hydrogens is 432 g/mol. The normalized spacial score (nSPS) is 12.4. The van der Waals surface area contributed by atoms with Gasteiger partial charge in [0.05, 0.1) is 48.8 Å². The van der Waals surface area contributed by atoms with Gasteiger partial charge in [0, 0.05) is 13.2 Å². The summed E-state index contributed by atoms with van der Waals surface area (Å²) in [5.74, 6) is -2.93. The van der Waals surface area contributed by atoms with E-state index in [0.29, 0.717) is 19.3 Å². The molecule has 0 radical (unpaired) electrons. The number of nitrogens with one attached hydrogen (secondary N) is 1. The number of ether oxygens (including phenoxy) is 3. The van der Waals surface area contributed by atoms with E-state index in [1.54, 1.807) is 14.0 Å². The molecule has 1 N–H and O–H groups in total. The van der Waals surface area contributed by atoms with E-state index < -0.39 is 27.4 Å². The lowest BCUT2D eigenvalue weighted by atomic mass is 10.1. The van der Waals surface area contributed by atoms with Crippen molar-refractivity contribution in [1.82, 2.24) is 0 Å². The van der Waals surface area contributed by atoms with Crippen LogP contribution in [0, 0.1) is 17.6 Å². The second-order valence-corrected chi connectivity index (χ2v) is 8.93. The van der Waals surface area contributed by atoms with Gasteiger partial charge in [-0.3, -0.25) is 4.79 Å². The minimum atomic E-state index is -3.74. The van der Waals surface area contributed by atoms with Gasteiger partial charge < -0.3 is 19.5 Å². The number of rotatable bonds is 11. The van der Waals surface area contributed by atoms with E-state index in [1.165, 1.54) is 25.3 Å². The first-order valence-corrected chi connectivity index (χ1v) is 11.1. The van der Waals surface area contributed by atoms with E-state index in [4.69, 9.17) is 14.2 Å². The molecule has 31 heavy (non-hydrogen) atoms. The summed E-state index contributed by atoms with van der Waals surface area (Å²) in [7, 11) is -0.882. The Balaban J connectivity index is 2.21. The molecule has 0 saturated heterocycles. The number of sulfone groups is 1. The monoisotopic (exact) mass is 457 g/mol. The molecule has 0 spiro atoms. The van der Waals surface area contributed by atoms with E-state index in [-0.39, 0.29) is 40.2 Å². The van der Waals surface area contributed by atoms with Crippen LogP contribution in [-0.4, -0.2) is 54.1 Å². The van der Waals surface area contributed by atoms with Crippen LogP contribution in [0.3, 0.4) is 0 Å². The average molecular weight is 457 g/mol. The molecule has 0 aliphatic heterocycles. The van der Waals surface area contributed by atoms with E-state index in [1.807, 2.05) is 0 Å². The van der Waals surface area contributed by atoms with Gasteiger partial charge in [0.15, 0.2) is 9.84 Å². The molecule has 0 fully saturated rings. The molecule has 2 aromatic carbocycles. The first-order chi connectivity index (χ1) is 14.7. The maximum Gasteiger partial charge on any atom is 0.259 e. The number of amides is 1. The van der Waals surface area contributed by atoms with Crippen molar-refractivity contribution in [2.45, 2.75) is 11.8 Å². The van der Waals surface area contributed by atoms with Crippen molar-refractivity contribution in [2.75, 3.05) is 45.1 Å². The standard InChI is InChI=1S/C21H25F2NO6S/c1-14(12-30-9-8-28-2)13-31(26,27)16-5-7-20(29-3)17(11-16)21(25)24-19-6-4-15(22)10-18(19)23/h4-7,10-11,14H,8-9,12-13H2,1-3H3,(H,24,25)/t14-/m0/s1. The Morgan fingerprint density at radius 3 is 2.48 bits per heavy atom. The molecule has 0 aromatic heterocycles. The van der Waals surface area contributed by atoms with Crippen LogP contribution in [0.5, 0.6) is 5.75 Å². The molecule has 0 unspecified atom stereocenters. The van der Waals surface area contributed by atoms with Gasteiger partial charge in [-0.05, 0) is 36.2 Å². The van der Waals surface area contributed by atoms with Crippen LogP contribution in [0.15, 0.2) is 41.3 Å². The second-order valence-electron chi connectivity index (χ2n) is 6.89. The molecule has 1 amide bonds. The van der Waals surface area contributed by atoms with E-state index in [0.717, 1.165) is 12.1 Å². The van der Waals surface area contributed by atoms with Crippen molar-refractivity contribution in [1.29, 1.82) is 0 Å². The van der Waals surface area contributed by atoms with Gasteiger partial charge in [-0.1, -0.05) is 6.92 Å². The zero-order chi connectivity index (χ0) is 23.0. The molecule has 0 heterocycles. The van der Waals surface area contributed by atoms with Crippen molar-refractivity contribution < 1.29 is 36.2 Å². The van der Waals surface area contributed by atoms with Crippen LogP contribution in [-0.2, 0) is 19.3 Å². The van der Waals surface area contributed by atoms with Gasteiger partial charge in [-0.15, -0.1) is 0 Å². The first kappa shape index (κ1) is 24.7. The third kappa shape index (κ3) is 6.98. The molecule has 170 valence electrons. The third-order valence-corrected chi connectivity index (χ3v) is 6.27. The molecular formula is C21H25F2NO6S. The Bertz CT molecular complexity index is 1010. The van der Waals surface area contributed by atoms with Crippen molar-refractivity contribution in [3.63, 3.8) is 0 Å². The Hall–Kier alpha value is -2.56. The first-order valence-electron chi connectivity index (χ1n) is 9.41. The molecule has 0 saturated carbocycles. The highest BCUT2D eigenvalue weighted by Crippen LogP contribution is 2.26. The lowest BCUT2D eigenvalue weighted by Gasteiger charge is -2.15. The van der Waals surface area contributed by atoms with Gasteiger partial charge in [0.25, 0.3) is 5.91 Å². The molecule has 2 aromatic rings. The number of hydrogen-bond donors (Lipinski definition) is 1. The maximum atomic E-state index is 13.9. The second kappa shape index (κ2) is 11.2. The van der Waals surface area contributed by atoms with E-state index in [2.05, 4.69) is 5.32 Å². The number of halogens is 2. The quantitative estimate of drug-likeness (QED) is 0.521. The number of carbonyl (C=O) groups excluding carboxylic acids is 1. The summed E-state index contributed by atoms with van der Waals surface area (Å²) in [6.45, 7) is 2.73. The zero-order valence-corrected chi connectivity index (χ0v) is 18.3. The highest BCUT2D eigenvalue weighted by atomic mass is 32.2. The van der Waals surface area contributed by atoms with Crippen molar-refractivity contribution >= 4 is 21.4 Å². The van der Waals surface area contributed by atoms with Crippen molar-refractivity contribution in [2.24, 2.45) is 5.92 Å². The lowest BCUT2D eigenvalue weighted by Crippen LogP contribution is -2.20. The Labute approximate surface area is 180 Å². The number of carbonyl (C=O) groups is 1. The summed E-state index contributed by atoms with van der Waals surface area (Å²) in [5.41, 5.74) is -0.347. The SMILES string of the molecule is COCCOC[C@H](C)CS(=O)(=O)c1ccc(OC)c(C(=O)Nc2ccc(F)cc2F)c1. The fourth-order valence-electron chi connectivity index (χ4n) is 2.78. The number of anilines is 1. The molecule has 0 aliphatic rings. The number of benzene rings is 2. The van der Waals surface area contributed by atoms with Gasteiger partial charge >= 0.3 is 0 Å². The van der Waals surface area contributed by atoms with E-state index in [9.17, 15) is 22.0 Å². The van der Waals surface area contributed by atoms with Crippen LogP contribution < -0.4 is 10.1 Å². The summed E-state index contributed by atoms with van der Waals surface area (Å²) in [4.78, 5) is 12.6. The predicted molar refractivity (Wildman–Crippen MR) is 111 cm³/mol. The Kier molecular flexibility index (Phi) is 8.90. The van der Waals surface area contributed by atoms with Crippen LogP contribution in [0.1, 0.15) is 17.3 Å². The number of hydrogen-bond acceptors (Lipinski definition) is 6. The van der Waals surface area contributed by atoms with Crippen LogP contribution in [0.25, 0.3) is 0 Å². The third-order valence-electron chi connectivity index (χ3n) is 4.29. The van der Waals surface area contributed by atoms with Gasteiger partial charge in [0.2, 0.25) is 0 Å². The number of methoxy groups -OCH3 is 2. The average Bonchev–Trinajstić information content (AvgIpc) is 2.72. The topological polar surface area (TPSA) is 90.9 Å². The van der Waals surface area contributed by atoms with Gasteiger partial charge in [-0.2, -0.15) is 0 Å². The van der Waals surface area contributed by atoms with Crippen molar-refractivity contribution in [3.8, 4) is 5.75 Å². The summed E-state index contributed by atoms with van der Waals surface area (Å²) in [6.07, 6.45) is 0. The van der Waals surface area contributed by atoms with Crippen LogP contribution >= 0.6 is 0 Å². The molecule has 0 bridgehead atoms. The molecule has 10 heteroatoms.